The van der Waals surface area contributed by atoms with Crippen LogP contribution >= 0.6 is 0 Å². The fourth-order valence-corrected chi connectivity index (χ4v) is 5.09. The third-order valence-corrected chi connectivity index (χ3v) is 6.30. The first kappa shape index (κ1) is 13.4. The van der Waals surface area contributed by atoms with Crippen LogP contribution in [0.1, 0.15) is 59.3 Å². The van der Waals surface area contributed by atoms with Crippen molar-refractivity contribution in [2.75, 3.05) is 0 Å². The van der Waals surface area contributed by atoms with E-state index in [2.05, 4.69) is 13.8 Å². The molecule has 108 valence electrons. The Bertz CT molecular complexity index is 393. The van der Waals surface area contributed by atoms with E-state index in [0.717, 1.165) is 12.8 Å². The van der Waals surface area contributed by atoms with Crippen molar-refractivity contribution in [1.82, 2.24) is 0 Å². The molecule has 0 aromatic carbocycles. The first-order valence-electron chi connectivity index (χ1n) is 7.81. The van der Waals surface area contributed by atoms with Gasteiger partial charge in [-0.2, -0.15) is 0 Å². The van der Waals surface area contributed by atoms with Crippen LogP contribution in [0.15, 0.2) is 0 Å². The van der Waals surface area contributed by atoms with Crippen molar-refractivity contribution in [2.45, 2.75) is 71.0 Å². The highest BCUT2D eigenvalue weighted by Gasteiger charge is 2.69. The van der Waals surface area contributed by atoms with Gasteiger partial charge in [0, 0.05) is 5.92 Å². The molecule has 0 aromatic heterocycles. The Kier molecular flexibility index (Phi) is 2.97. The van der Waals surface area contributed by atoms with Gasteiger partial charge in [0.05, 0.1) is 17.1 Å². The molecule has 1 aliphatic heterocycles. The van der Waals surface area contributed by atoms with Crippen LogP contribution in [0.5, 0.6) is 0 Å². The van der Waals surface area contributed by atoms with Crippen LogP contribution in [-0.4, -0.2) is 22.8 Å². The number of aliphatic carboxylic acids is 1. The fourth-order valence-electron chi connectivity index (χ4n) is 5.09. The highest BCUT2D eigenvalue weighted by atomic mass is 16.6. The van der Waals surface area contributed by atoms with Crippen molar-refractivity contribution < 1.29 is 14.6 Å². The quantitative estimate of drug-likeness (QED) is 0.779. The largest absolute Gasteiger partial charge is 0.481 e. The lowest BCUT2D eigenvalue weighted by molar-refractivity contribution is -0.158. The topological polar surface area (TPSA) is 49.8 Å². The maximum absolute atomic E-state index is 11.9. The van der Waals surface area contributed by atoms with Gasteiger partial charge in [-0.3, -0.25) is 4.79 Å². The molecule has 0 radical (unpaired) electrons. The van der Waals surface area contributed by atoms with Crippen LogP contribution in [-0.2, 0) is 9.53 Å². The molecule has 2 aliphatic carbocycles. The molecular formula is C16H26O3. The number of epoxide rings is 1. The van der Waals surface area contributed by atoms with E-state index >= 15 is 0 Å². The Hall–Kier alpha value is -0.570. The normalized spacial score (nSPS) is 53.4. The summed E-state index contributed by atoms with van der Waals surface area (Å²) >= 11 is 0. The number of hydrogen-bond donors (Lipinski definition) is 1. The van der Waals surface area contributed by atoms with Crippen LogP contribution in [0.3, 0.4) is 0 Å². The molecule has 19 heavy (non-hydrogen) atoms. The summed E-state index contributed by atoms with van der Waals surface area (Å²) in [4.78, 5) is 11.9. The summed E-state index contributed by atoms with van der Waals surface area (Å²) in [7, 11) is 0. The predicted molar refractivity (Wildman–Crippen MR) is 72.9 cm³/mol. The highest BCUT2D eigenvalue weighted by molar-refractivity contribution is 5.75. The Morgan fingerprint density at radius 2 is 1.89 bits per heavy atom. The van der Waals surface area contributed by atoms with E-state index in [1.807, 2.05) is 6.92 Å². The summed E-state index contributed by atoms with van der Waals surface area (Å²) in [6.07, 6.45) is 6.99. The van der Waals surface area contributed by atoms with Crippen molar-refractivity contribution in [3.63, 3.8) is 0 Å². The number of fused-ring (bicyclic) bond motifs is 1. The minimum atomic E-state index is -0.620. The number of carboxylic acids is 1. The minimum absolute atomic E-state index is 0.165. The van der Waals surface area contributed by atoms with Crippen LogP contribution in [0.25, 0.3) is 0 Å². The van der Waals surface area contributed by atoms with Gasteiger partial charge >= 0.3 is 5.97 Å². The number of ether oxygens (including phenoxy) is 1. The summed E-state index contributed by atoms with van der Waals surface area (Å²) in [6.45, 7) is 6.43. The molecule has 1 heterocycles. The van der Waals surface area contributed by atoms with E-state index in [0.29, 0.717) is 17.9 Å². The molecule has 0 bridgehead atoms. The Morgan fingerprint density at radius 3 is 2.53 bits per heavy atom. The van der Waals surface area contributed by atoms with Gasteiger partial charge in [-0.1, -0.05) is 26.2 Å². The molecule has 3 rings (SSSR count). The zero-order chi connectivity index (χ0) is 13.8. The third-order valence-electron chi connectivity index (χ3n) is 6.30. The van der Waals surface area contributed by atoms with Gasteiger partial charge in [0.2, 0.25) is 0 Å². The van der Waals surface area contributed by atoms with E-state index in [4.69, 9.17) is 4.74 Å². The lowest BCUT2D eigenvalue weighted by atomic mass is 9.54. The maximum Gasteiger partial charge on any atom is 0.309 e. The zero-order valence-corrected chi connectivity index (χ0v) is 12.3. The molecule has 2 saturated carbocycles. The van der Waals surface area contributed by atoms with Crippen molar-refractivity contribution in [3.8, 4) is 0 Å². The molecule has 3 aliphatic rings. The molecule has 3 fully saturated rings. The first-order valence-corrected chi connectivity index (χ1v) is 7.81. The van der Waals surface area contributed by atoms with E-state index in [9.17, 15) is 9.90 Å². The average Bonchev–Trinajstić information content (AvgIpc) is 3.02. The number of rotatable bonds is 2. The molecular weight excluding hydrogens is 240 g/mol. The molecule has 0 amide bonds. The maximum atomic E-state index is 11.9. The van der Waals surface area contributed by atoms with E-state index in [1.165, 1.54) is 25.7 Å². The Balaban J connectivity index is 1.95. The number of hydrogen-bond acceptors (Lipinski definition) is 2. The van der Waals surface area contributed by atoms with Crippen molar-refractivity contribution in [1.29, 1.82) is 0 Å². The van der Waals surface area contributed by atoms with Gasteiger partial charge in [-0.25, -0.2) is 0 Å². The van der Waals surface area contributed by atoms with Gasteiger partial charge < -0.3 is 9.84 Å². The minimum Gasteiger partial charge on any atom is -0.481 e. The molecule has 1 saturated heterocycles. The molecule has 3 nitrogen and oxygen atoms in total. The standard InChI is InChI=1S/C16H26O3/c1-10-6-4-5-7-11(10)13-15(2,14(17)18)9-8-12-16(13,3)19-12/h10-13H,4-9H2,1-3H3,(H,17,18). The van der Waals surface area contributed by atoms with E-state index < -0.39 is 11.4 Å². The van der Waals surface area contributed by atoms with Crippen molar-refractivity contribution >= 4 is 5.97 Å². The molecule has 1 N–H and O–H groups in total. The average molecular weight is 266 g/mol. The molecule has 3 heteroatoms. The summed E-state index contributed by atoms with van der Waals surface area (Å²) in [5, 5.41) is 9.78. The van der Waals surface area contributed by atoms with Gasteiger partial charge in [0.25, 0.3) is 0 Å². The van der Waals surface area contributed by atoms with E-state index in [1.54, 1.807) is 0 Å². The third kappa shape index (κ3) is 1.84. The second kappa shape index (κ2) is 4.21. The van der Waals surface area contributed by atoms with Gasteiger partial charge in [0.1, 0.15) is 0 Å². The van der Waals surface area contributed by atoms with Crippen LogP contribution in [0, 0.1) is 23.2 Å². The van der Waals surface area contributed by atoms with Gasteiger partial charge in [-0.05, 0) is 44.9 Å². The SMILES string of the molecule is CC1CCCCC1C1C(C)(C(=O)O)CCC2OC21C. The number of carbonyl (C=O) groups is 1. The van der Waals surface area contributed by atoms with E-state index in [-0.39, 0.29) is 11.5 Å². The second-order valence-corrected chi connectivity index (χ2v) is 7.45. The van der Waals surface area contributed by atoms with Crippen molar-refractivity contribution in [3.05, 3.63) is 0 Å². The smallest absolute Gasteiger partial charge is 0.309 e. The summed E-state index contributed by atoms with van der Waals surface area (Å²) in [6, 6.07) is 0. The molecule has 6 unspecified atom stereocenters. The highest BCUT2D eigenvalue weighted by Crippen LogP contribution is 2.62. The first-order chi connectivity index (χ1) is 8.89. The second-order valence-electron chi connectivity index (χ2n) is 7.45. The van der Waals surface area contributed by atoms with Crippen LogP contribution in [0.4, 0.5) is 0 Å². The lowest BCUT2D eigenvalue weighted by Gasteiger charge is -2.47. The van der Waals surface area contributed by atoms with Crippen LogP contribution < -0.4 is 0 Å². The summed E-state index contributed by atoms with van der Waals surface area (Å²) in [5.74, 6) is 0.722. The summed E-state index contributed by atoms with van der Waals surface area (Å²) < 4.78 is 5.96. The molecule has 0 spiro atoms. The predicted octanol–water partition coefficient (Wildman–Crippen LogP) is 3.47. The lowest BCUT2D eigenvalue weighted by Crippen LogP contribution is -2.52. The summed E-state index contributed by atoms with van der Waals surface area (Å²) in [5.41, 5.74) is -0.764. The zero-order valence-electron chi connectivity index (χ0n) is 12.3. The van der Waals surface area contributed by atoms with Crippen molar-refractivity contribution in [2.24, 2.45) is 23.2 Å². The molecule has 0 aromatic rings. The Labute approximate surface area is 115 Å². The molecule has 6 atom stereocenters. The van der Waals surface area contributed by atoms with Gasteiger partial charge in [0.15, 0.2) is 0 Å². The van der Waals surface area contributed by atoms with Gasteiger partial charge in [-0.15, -0.1) is 0 Å². The Morgan fingerprint density at radius 1 is 1.21 bits per heavy atom. The fraction of sp³-hybridized carbons (Fsp3) is 0.938. The monoisotopic (exact) mass is 266 g/mol. The number of carboxylic acid groups (broad SMARTS) is 1. The van der Waals surface area contributed by atoms with Crippen LogP contribution in [0.2, 0.25) is 0 Å².